The first kappa shape index (κ1) is 15.3. The third-order valence-corrected chi connectivity index (χ3v) is 3.76. The van der Waals surface area contributed by atoms with Gasteiger partial charge in [0.2, 0.25) is 0 Å². The second-order valence-corrected chi connectivity index (χ2v) is 5.47. The van der Waals surface area contributed by atoms with Crippen LogP contribution in [0, 0.1) is 24.0 Å². The predicted molar refractivity (Wildman–Crippen MR) is 83.6 cm³/mol. The maximum atomic E-state index is 11.1. The Balaban J connectivity index is 1.93. The quantitative estimate of drug-likeness (QED) is 0.636. The van der Waals surface area contributed by atoms with Gasteiger partial charge >= 0.3 is 0 Å². The second kappa shape index (κ2) is 6.26. The fraction of sp³-hybridized carbons (Fsp3) is 0.294. The molecular formula is C17H17NO5. The van der Waals surface area contributed by atoms with Gasteiger partial charge in [0.05, 0.1) is 11.5 Å². The summed E-state index contributed by atoms with van der Waals surface area (Å²) in [5.41, 5.74) is 3.38. The summed E-state index contributed by atoms with van der Waals surface area (Å²) in [6.45, 7) is 4.58. The zero-order valence-electron chi connectivity index (χ0n) is 13.0. The molecule has 6 heteroatoms. The minimum Gasteiger partial charge on any atom is -0.488 e. The summed E-state index contributed by atoms with van der Waals surface area (Å²) in [7, 11) is 0. The molecule has 0 saturated heterocycles. The summed E-state index contributed by atoms with van der Waals surface area (Å²) in [6.07, 6.45) is 0. The monoisotopic (exact) mass is 315 g/mol. The van der Waals surface area contributed by atoms with Gasteiger partial charge in [0.15, 0.2) is 6.79 Å². The Hall–Kier alpha value is -2.60. The van der Waals surface area contributed by atoms with E-state index >= 15 is 0 Å². The van der Waals surface area contributed by atoms with E-state index < -0.39 is 4.92 Å². The van der Waals surface area contributed by atoms with E-state index in [1.54, 1.807) is 0 Å². The van der Waals surface area contributed by atoms with Gasteiger partial charge in [0, 0.05) is 23.3 Å². The van der Waals surface area contributed by atoms with E-state index in [1.807, 2.05) is 32.0 Å². The fourth-order valence-electron chi connectivity index (χ4n) is 2.67. The second-order valence-electron chi connectivity index (χ2n) is 5.47. The smallest absolute Gasteiger partial charge is 0.270 e. The highest BCUT2D eigenvalue weighted by molar-refractivity contribution is 5.50. The van der Waals surface area contributed by atoms with Gasteiger partial charge in [-0.2, -0.15) is 0 Å². The molecule has 0 amide bonds. The Morgan fingerprint density at radius 1 is 1.26 bits per heavy atom. The number of nitro groups is 1. The topological polar surface area (TPSA) is 70.8 Å². The molecule has 0 N–H and O–H groups in total. The van der Waals surface area contributed by atoms with Crippen molar-refractivity contribution in [2.24, 2.45) is 0 Å². The third-order valence-electron chi connectivity index (χ3n) is 3.76. The molecule has 6 nitrogen and oxygen atoms in total. The maximum absolute atomic E-state index is 11.1. The Morgan fingerprint density at radius 2 is 2.00 bits per heavy atom. The first-order chi connectivity index (χ1) is 11.1. The summed E-state index contributed by atoms with van der Waals surface area (Å²) in [4.78, 5) is 10.7. The van der Waals surface area contributed by atoms with Gasteiger partial charge in [-0.15, -0.1) is 0 Å². The maximum Gasteiger partial charge on any atom is 0.270 e. The lowest BCUT2D eigenvalue weighted by Gasteiger charge is -2.21. The van der Waals surface area contributed by atoms with E-state index in [0.717, 1.165) is 16.9 Å². The standard InChI is InChI=1S/C17H17NO5/c1-11-4-3-5-12(2)16(11)22-9-14-7-15(18(19)20)6-13-8-21-10-23-17(13)14/h3-7H,8-10H2,1-2H3. The number of hydrogen-bond acceptors (Lipinski definition) is 5. The van der Waals surface area contributed by atoms with Gasteiger partial charge in [0.25, 0.3) is 5.69 Å². The molecule has 0 aliphatic carbocycles. The third kappa shape index (κ3) is 3.12. The van der Waals surface area contributed by atoms with Crippen LogP contribution in [0.5, 0.6) is 11.5 Å². The van der Waals surface area contributed by atoms with Gasteiger partial charge < -0.3 is 14.2 Å². The number of fused-ring (bicyclic) bond motifs is 1. The first-order valence-electron chi connectivity index (χ1n) is 7.26. The number of aryl methyl sites for hydroxylation is 2. The minimum absolute atomic E-state index is 0.0120. The van der Waals surface area contributed by atoms with Crippen molar-refractivity contribution in [1.29, 1.82) is 0 Å². The van der Waals surface area contributed by atoms with E-state index in [-0.39, 0.29) is 19.1 Å². The van der Waals surface area contributed by atoms with Crippen molar-refractivity contribution < 1.29 is 19.1 Å². The SMILES string of the molecule is Cc1cccc(C)c1OCc1cc([N+](=O)[O-])cc2c1OCOC2. The number of nitro benzene ring substituents is 1. The van der Waals surface area contributed by atoms with Crippen LogP contribution in [-0.2, 0) is 18.0 Å². The molecule has 3 rings (SSSR count). The molecule has 0 spiro atoms. The molecule has 0 saturated carbocycles. The zero-order valence-corrected chi connectivity index (χ0v) is 13.0. The predicted octanol–water partition coefficient (Wildman–Crippen LogP) is 3.66. The van der Waals surface area contributed by atoms with Crippen molar-refractivity contribution in [1.82, 2.24) is 0 Å². The van der Waals surface area contributed by atoms with E-state index in [1.165, 1.54) is 12.1 Å². The van der Waals surface area contributed by atoms with Crippen LogP contribution in [-0.4, -0.2) is 11.7 Å². The van der Waals surface area contributed by atoms with Crippen LogP contribution in [0.25, 0.3) is 0 Å². The van der Waals surface area contributed by atoms with Crippen LogP contribution < -0.4 is 9.47 Å². The lowest BCUT2D eigenvalue weighted by Crippen LogP contribution is -2.14. The number of non-ortho nitro benzene ring substituents is 1. The summed E-state index contributed by atoms with van der Waals surface area (Å²) in [5, 5.41) is 11.1. The Morgan fingerprint density at radius 3 is 2.70 bits per heavy atom. The molecule has 0 fully saturated rings. The Bertz CT molecular complexity index is 737. The normalized spacial score (nSPS) is 13.1. The molecule has 0 atom stereocenters. The number of ether oxygens (including phenoxy) is 3. The number of benzene rings is 2. The first-order valence-corrected chi connectivity index (χ1v) is 7.26. The molecule has 1 aliphatic heterocycles. The van der Waals surface area contributed by atoms with E-state index in [2.05, 4.69) is 0 Å². The summed E-state index contributed by atoms with van der Waals surface area (Å²) < 4.78 is 16.6. The summed E-state index contributed by atoms with van der Waals surface area (Å²) >= 11 is 0. The molecule has 0 unspecified atom stereocenters. The lowest BCUT2D eigenvalue weighted by molar-refractivity contribution is -0.385. The van der Waals surface area contributed by atoms with Gasteiger partial charge in [-0.25, -0.2) is 0 Å². The van der Waals surface area contributed by atoms with Gasteiger partial charge in [-0.05, 0) is 25.0 Å². The summed E-state index contributed by atoms with van der Waals surface area (Å²) in [6, 6.07) is 8.88. The highest BCUT2D eigenvalue weighted by Crippen LogP contribution is 2.34. The van der Waals surface area contributed by atoms with Crippen LogP contribution in [0.15, 0.2) is 30.3 Å². The van der Waals surface area contributed by atoms with Crippen LogP contribution >= 0.6 is 0 Å². The fourth-order valence-corrected chi connectivity index (χ4v) is 2.67. The molecule has 120 valence electrons. The van der Waals surface area contributed by atoms with Crippen molar-refractivity contribution >= 4 is 5.69 Å². The lowest BCUT2D eigenvalue weighted by atomic mass is 10.1. The minimum atomic E-state index is -0.419. The Kier molecular flexibility index (Phi) is 4.16. The molecule has 23 heavy (non-hydrogen) atoms. The van der Waals surface area contributed by atoms with Gasteiger partial charge in [-0.3, -0.25) is 10.1 Å². The van der Waals surface area contributed by atoms with E-state index in [9.17, 15) is 10.1 Å². The molecule has 0 radical (unpaired) electrons. The van der Waals surface area contributed by atoms with Crippen LogP contribution in [0.4, 0.5) is 5.69 Å². The van der Waals surface area contributed by atoms with Crippen molar-refractivity contribution in [3.8, 4) is 11.5 Å². The molecule has 2 aromatic rings. The largest absolute Gasteiger partial charge is 0.488 e. The molecular weight excluding hydrogens is 298 g/mol. The van der Waals surface area contributed by atoms with Crippen LogP contribution in [0.1, 0.15) is 22.3 Å². The van der Waals surface area contributed by atoms with Gasteiger partial charge in [-0.1, -0.05) is 18.2 Å². The molecule has 2 aromatic carbocycles. The molecule has 0 aromatic heterocycles. The van der Waals surface area contributed by atoms with E-state index in [0.29, 0.717) is 23.5 Å². The van der Waals surface area contributed by atoms with Crippen molar-refractivity contribution in [3.63, 3.8) is 0 Å². The molecule has 1 aliphatic rings. The van der Waals surface area contributed by atoms with Crippen molar-refractivity contribution in [3.05, 3.63) is 62.7 Å². The van der Waals surface area contributed by atoms with E-state index in [4.69, 9.17) is 14.2 Å². The highest BCUT2D eigenvalue weighted by atomic mass is 16.7. The van der Waals surface area contributed by atoms with Gasteiger partial charge in [0.1, 0.15) is 18.1 Å². The zero-order chi connectivity index (χ0) is 16.4. The average molecular weight is 315 g/mol. The Labute approximate surface area is 133 Å². The highest BCUT2D eigenvalue weighted by Gasteiger charge is 2.21. The average Bonchev–Trinajstić information content (AvgIpc) is 2.54. The number of rotatable bonds is 4. The van der Waals surface area contributed by atoms with Crippen LogP contribution in [0.3, 0.4) is 0 Å². The molecule has 0 bridgehead atoms. The van der Waals surface area contributed by atoms with Crippen molar-refractivity contribution in [2.75, 3.05) is 6.79 Å². The van der Waals surface area contributed by atoms with Crippen LogP contribution in [0.2, 0.25) is 0 Å². The number of para-hydroxylation sites is 1. The van der Waals surface area contributed by atoms with Crippen molar-refractivity contribution in [2.45, 2.75) is 27.1 Å². The molecule has 1 heterocycles. The number of hydrogen-bond donors (Lipinski definition) is 0. The number of nitrogens with zero attached hydrogens (tertiary/aromatic N) is 1. The summed E-state index contributed by atoms with van der Waals surface area (Å²) in [5.74, 6) is 1.41.